The number of thioether (sulfide) groups is 2. The highest BCUT2D eigenvalue weighted by molar-refractivity contribution is 8.07. The van der Waals surface area contributed by atoms with Gasteiger partial charge in [-0.15, -0.1) is 11.8 Å². The van der Waals surface area contributed by atoms with E-state index < -0.39 is 0 Å². The number of hydrogen-bond acceptors (Lipinski definition) is 4. The Morgan fingerprint density at radius 3 is 2.94 bits per heavy atom. The molecule has 0 bridgehead atoms. The molecule has 1 aromatic heterocycles. The summed E-state index contributed by atoms with van der Waals surface area (Å²) in [6.45, 7) is 2.16. The Morgan fingerprint density at radius 1 is 1.56 bits per heavy atom. The van der Waals surface area contributed by atoms with Crippen LogP contribution in [0, 0.1) is 0 Å². The van der Waals surface area contributed by atoms with Gasteiger partial charge in [0.25, 0.3) is 0 Å². The molecule has 2 atom stereocenters. The molecule has 1 aliphatic rings. The lowest BCUT2D eigenvalue weighted by Crippen LogP contribution is -2.34. The SMILES string of the molecule is CCC1SCCSC1C(=O)c1nccn1C. The second-order valence-electron chi connectivity index (χ2n) is 3.83. The molecule has 1 fully saturated rings. The van der Waals surface area contributed by atoms with Gasteiger partial charge < -0.3 is 4.57 Å². The minimum absolute atomic E-state index is 0.0878. The van der Waals surface area contributed by atoms with Crippen LogP contribution in [0.2, 0.25) is 0 Å². The fourth-order valence-electron chi connectivity index (χ4n) is 1.88. The van der Waals surface area contributed by atoms with Crippen LogP contribution in [-0.4, -0.2) is 37.3 Å². The number of rotatable bonds is 3. The summed E-state index contributed by atoms with van der Waals surface area (Å²) in [7, 11) is 1.88. The van der Waals surface area contributed by atoms with Crippen LogP contribution in [0.1, 0.15) is 24.0 Å². The molecule has 1 aromatic rings. The molecule has 1 saturated heterocycles. The minimum Gasteiger partial charge on any atom is -0.332 e. The highest BCUT2D eigenvalue weighted by atomic mass is 32.2. The maximum Gasteiger partial charge on any atom is 0.212 e. The van der Waals surface area contributed by atoms with Crippen LogP contribution in [0.3, 0.4) is 0 Å². The molecule has 0 aliphatic carbocycles. The molecule has 0 N–H and O–H groups in total. The number of hydrogen-bond donors (Lipinski definition) is 0. The van der Waals surface area contributed by atoms with Crippen molar-refractivity contribution < 1.29 is 4.79 Å². The molecule has 2 unspecified atom stereocenters. The Labute approximate surface area is 104 Å². The van der Waals surface area contributed by atoms with E-state index in [1.54, 1.807) is 18.0 Å². The Balaban J connectivity index is 2.17. The first-order valence-electron chi connectivity index (χ1n) is 5.48. The molecule has 5 heteroatoms. The molecular formula is C11H16N2OS2. The first kappa shape index (κ1) is 12.0. The number of aromatic nitrogens is 2. The van der Waals surface area contributed by atoms with Crippen LogP contribution in [0.5, 0.6) is 0 Å². The Bertz CT molecular complexity index is 378. The summed E-state index contributed by atoms with van der Waals surface area (Å²) in [6, 6.07) is 0. The van der Waals surface area contributed by atoms with Crippen molar-refractivity contribution in [3.63, 3.8) is 0 Å². The molecule has 1 aliphatic heterocycles. The third-order valence-electron chi connectivity index (χ3n) is 2.75. The van der Waals surface area contributed by atoms with Gasteiger partial charge >= 0.3 is 0 Å². The lowest BCUT2D eigenvalue weighted by atomic mass is 10.1. The first-order chi connectivity index (χ1) is 7.74. The number of imidazole rings is 1. The van der Waals surface area contributed by atoms with Crippen molar-refractivity contribution in [1.82, 2.24) is 9.55 Å². The predicted octanol–water partition coefficient (Wildman–Crippen LogP) is 2.23. The van der Waals surface area contributed by atoms with E-state index in [-0.39, 0.29) is 11.0 Å². The lowest BCUT2D eigenvalue weighted by molar-refractivity contribution is 0.0975. The molecule has 88 valence electrons. The van der Waals surface area contributed by atoms with Crippen LogP contribution >= 0.6 is 23.5 Å². The van der Waals surface area contributed by atoms with E-state index in [9.17, 15) is 4.79 Å². The highest BCUT2D eigenvalue weighted by Gasteiger charge is 2.33. The maximum absolute atomic E-state index is 12.3. The maximum atomic E-state index is 12.3. The van der Waals surface area contributed by atoms with Gasteiger partial charge in [-0.1, -0.05) is 6.92 Å². The van der Waals surface area contributed by atoms with Crippen LogP contribution in [0.4, 0.5) is 0 Å². The molecule has 16 heavy (non-hydrogen) atoms. The topological polar surface area (TPSA) is 34.9 Å². The molecule has 0 spiro atoms. The largest absolute Gasteiger partial charge is 0.332 e. The van der Waals surface area contributed by atoms with Crippen molar-refractivity contribution >= 4 is 29.3 Å². The Hall–Kier alpha value is -0.420. The zero-order valence-electron chi connectivity index (χ0n) is 9.55. The van der Waals surface area contributed by atoms with Crippen molar-refractivity contribution in [3.05, 3.63) is 18.2 Å². The summed E-state index contributed by atoms with van der Waals surface area (Å²) >= 11 is 3.71. The number of aryl methyl sites for hydroxylation is 1. The summed E-state index contributed by atoms with van der Waals surface area (Å²) in [5.41, 5.74) is 0. The standard InChI is InChI=1S/C11H16N2OS2/c1-3-8-10(16-7-6-15-8)9(14)11-12-4-5-13(11)2/h4-5,8,10H,3,6-7H2,1-2H3. The third-order valence-corrected chi connectivity index (χ3v) is 6.00. The molecule has 2 heterocycles. The molecule has 0 saturated carbocycles. The van der Waals surface area contributed by atoms with E-state index >= 15 is 0 Å². The first-order valence-corrected chi connectivity index (χ1v) is 7.58. The van der Waals surface area contributed by atoms with E-state index in [0.717, 1.165) is 17.9 Å². The van der Waals surface area contributed by atoms with Crippen molar-refractivity contribution in [2.75, 3.05) is 11.5 Å². The Morgan fingerprint density at radius 2 is 2.31 bits per heavy atom. The monoisotopic (exact) mass is 256 g/mol. The fourth-order valence-corrected chi connectivity index (χ4v) is 4.87. The lowest BCUT2D eigenvalue weighted by Gasteiger charge is -2.28. The second-order valence-corrected chi connectivity index (χ2v) is 6.43. The molecule has 0 radical (unpaired) electrons. The van der Waals surface area contributed by atoms with Gasteiger partial charge in [0.15, 0.2) is 5.82 Å². The predicted molar refractivity (Wildman–Crippen MR) is 70.3 cm³/mol. The van der Waals surface area contributed by atoms with Crippen LogP contribution < -0.4 is 0 Å². The van der Waals surface area contributed by atoms with Crippen molar-refractivity contribution in [3.8, 4) is 0 Å². The second kappa shape index (κ2) is 5.27. The van der Waals surface area contributed by atoms with Gasteiger partial charge in [-0.3, -0.25) is 4.79 Å². The van der Waals surface area contributed by atoms with E-state index in [4.69, 9.17) is 0 Å². The average molecular weight is 256 g/mol. The summed E-state index contributed by atoms with van der Waals surface area (Å²) in [4.78, 5) is 16.5. The molecule has 2 rings (SSSR count). The Kier molecular flexibility index (Phi) is 3.97. The smallest absolute Gasteiger partial charge is 0.212 e. The number of ketones is 1. The van der Waals surface area contributed by atoms with Crippen LogP contribution in [0.25, 0.3) is 0 Å². The molecule has 0 aromatic carbocycles. The number of carbonyl (C=O) groups is 1. The van der Waals surface area contributed by atoms with Gasteiger partial charge in [-0.25, -0.2) is 4.98 Å². The fraction of sp³-hybridized carbons (Fsp3) is 0.636. The van der Waals surface area contributed by atoms with E-state index in [1.807, 2.05) is 29.6 Å². The van der Waals surface area contributed by atoms with Crippen molar-refractivity contribution in [1.29, 1.82) is 0 Å². The zero-order valence-corrected chi connectivity index (χ0v) is 11.2. The highest BCUT2D eigenvalue weighted by Crippen LogP contribution is 2.34. The van der Waals surface area contributed by atoms with E-state index in [1.165, 1.54) is 0 Å². The van der Waals surface area contributed by atoms with Crippen LogP contribution in [0.15, 0.2) is 12.4 Å². The number of carbonyl (C=O) groups excluding carboxylic acids is 1. The van der Waals surface area contributed by atoms with Gasteiger partial charge in [0.1, 0.15) is 0 Å². The summed E-state index contributed by atoms with van der Waals surface area (Å²) in [5.74, 6) is 3.02. The van der Waals surface area contributed by atoms with Gasteiger partial charge in [0, 0.05) is 36.2 Å². The summed E-state index contributed by atoms with van der Waals surface area (Å²) < 4.78 is 1.81. The minimum atomic E-state index is 0.0878. The summed E-state index contributed by atoms with van der Waals surface area (Å²) in [5, 5.41) is 0.535. The number of Topliss-reactive ketones (excluding diaryl/α,β-unsaturated/α-hetero) is 1. The average Bonchev–Trinajstić information content (AvgIpc) is 2.74. The van der Waals surface area contributed by atoms with Gasteiger partial charge in [0.05, 0.1) is 5.25 Å². The number of nitrogens with zero attached hydrogens (tertiary/aromatic N) is 2. The van der Waals surface area contributed by atoms with E-state index in [2.05, 4.69) is 11.9 Å². The normalized spacial score (nSPS) is 25.6. The van der Waals surface area contributed by atoms with Crippen LogP contribution in [-0.2, 0) is 7.05 Å². The van der Waals surface area contributed by atoms with E-state index in [0.29, 0.717) is 11.1 Å². The third kappa shape index (κ3) is 2.30. The van der Waals surface area contributed by atoms with Crippen molar-refractivity contribution in [2.45, 2.75) is 23.8 Å². The quantitative estimate of drug-likeness (QED) is 0.777. The van der Waals surface area contributed by atoms with Gasteiger partial charge in [-0.2, -0.15) is 11.8 Å². The summed E-state index contributed by atoms with van der Waals surface area (Å²) in [6.07, 6.45) is 4.57. The van der Waals surface area contributed by atoms with Crippen molar-refractivity contribution in [2.24, 2.45) is 7.05 Å². The molecule has 3 nitrogen and oxygen atoms in total. The molecule has 0 amide bonds. The van der Waals surface area contributed by atoms with Gasteiger partial charge in [0.2, 0.25) is 5.78 Å². The van der Waals surface area contributed by atoms with Gasteiger partial charge in [-0.05, 0) is 6.42 Å². The zero-order chi connectivity index (χ0) is 11.5. The molecular weight excluding hydrogens is 240 g/mol.